The average Bonchev–Trinajstić information content (AvgIpc) is 2.29. The number of carbonyl (C=O) groups excluding carboxylic acids is 2. The number of amides is 2. The number of anilines is 1. The Kier molecular flexibility index (Phi) is 3.87. The third-order valence-electron chi connectivity index (χ3n) is 3.02. The van der Waals surface area contributed by atoms with Gasteiger partial charge in [-0.25, -0.2) is 4.90 Å². The van der Waals surface area contributed by atoms with E-state index in [1.165, 1.54) is 0 Å². The zero-order valence-electron chi connectivity index (χ0n) is 10.4. The van der Waals surface area contributed by atoms with Crippen molar-refractivity contribution in [3.05, 3.63) is 28.8 Å². The molecule has 4 nitrogen and oxygen atoms in total. The van der Waals surface area contributed by atoms with Gasteiger partial charge in [0.2, 0.25) is 11.8 Å². The van der Waals surface area contributed by atoms with Crippen LogP contribution in [0.2, 0.25) is 5.02 Å². The first-order valence-corrected chi connectivity index (χ1v) is 6.64. The van der Waals surface area contributed by atoms with Crippen LogP contribution in [0.15, 0.2) is 18.2 Å². The molecule has 0 radical (unpaired) electrons. The molecule has 6 heteroatoms. The van der Waals surface area contributed by atoms with Gasteiger partial charge in [0, 0.05) is 18.4 Å². The van der Waals surface area contributed by atoms with Crippen molar-refractivity contribution in [2.45, 2.75) is 19.8 Å². The third kappa shape index (κ3) is 2.77. The summed E-state index contributed by atoms with van der Waals surface area (Å²) < 4.78 is 0. The van der Waals surface area contributed by atoms with Crippen molar-refractivity contribution in [1.29, 1.82) is 0 Å². The lowest BCUT2D eigenvalue weighted by Gasteiger charge is -2.29. The van der Waals surface area contributed by atoms with Gasteiger partial charge in [0.25, 0.3) is 0 Å². The summed E-state index contributed by atoms with van der Waals surface area (Å²) in [6, 6.07) is 4.82. The molecule has 2 rings (SSSR count). The first-order chi connectivity index (χ1) is 8.90. The molecule has 1 aliphatic heterocycles. The normalized spacial score (nSPS) is 16.8. The van der Waals surface area contributed by atoms with Gasteiger partial charge in [0.05, 0.1) is 10.7 Å². The van der Waals surface area contributed by atoms with Crippen molar-refractivity contribution in [1.82, 2.24) is 0 Å². The Morgan fingerprint density at radius 1 is 1.37 bits per heavy atom. The Balaban J connectivity index is 2.39. The van der Waals surface area contributed by atoms with Crippen molar-refractivity contribution in [3.63, 3.8) is 0 Å². The fraction of sp³-hybridized carbons (Fsp3) is 0.308. The number of benzene rings is 1. The van der Waals surface area contributed by atoms with Gasteiger partial charge in [-0.15, -0.1) is 0 Å². The molecule has 2 N–H and O–H groups in total. The van der Waals surface area contributed by atoms with E-state index in [0.29, 0.717) is 29.1 Å². The van der Waals surface area contributed by atoms with Gasteiger partial charge in [-0.2, -0.15) is 0 Å². The van der Waals surface area contributed by atoms with E-state index in [-0.39, 0.29) is 22.7 Å². The molecule has 0 bridgehead atoms. The first kappa shape index (κ1) is 14.0. The smallest absolute Gasteiger partial charge is 0.234 e. The molecule has 0 aliphatic carbocycles. The molecule has 1 aliphatic rings. The standard InChI is InChI=1S/C13H13ClN2O2S/c1-7-4-11(17)16(12(18)5-7)10-3-2-8(13(15)19)6-9(10)14/h2-3,6-7H,4-5H2,1H3,(H2,15,19). The number of hydrogen-bond donors (Lipinski definition) is 1. The maximum atomic E-state index is 12.0. The minimum atomic E-state index is -0.228. The van der Waals surface area contributed by atoms with Crippen LogP contribution in [0, 0.1) is 5.92 Å². The Labute approximate surface area is 121 Å². The third-order valence-corrected chi connectivity index (χ3v) is 3.56. The van der Waals surface area contributed by atoms with Crippen molar-refractivity contribution < 1.29 is 9.59 Å². The summed E-state index contributed by atoms with van der Waals surface area (Å²) >= 11 is 11.0. The first-order valence-electron chi connectivity index (χ1n) is 5.85. The van der Waals surface area contributed by atoms with Crippen molar-refractivity contribution in [3.8, 4) is 0 Å². The molecule has 1 aromatic carbocycles. The topological polar surface area (TPSA) is 63.4 Å². The highest BCUT2D eigenvalue weighted by Crippen LogP contribution is 2.31. The van der Waals surface area contributed by atoms with E-state index < -0.39 is 0 Å². The van der Waals surface area contributed by atoms with Crippen LogP contribution in [0.1, 0.15) is 25.3 Å². The molecule has 0 saturated carbocycles. The molecule has 1 heterocycles. The zero-order valence-corrected chi connectivity index (χ0v) is 11.9. The Hall–Kier alpha value is -1.46. The number of nitrogens with zero attached hydrogens (tertiary/aromatic N) is 1. The van der Waals surface area contributed by atoms with Crippen LogP contribution in [-0.2, 0) is 9.59 Å². The molecule has 0 spiro atoms. The minimum Gasteiger partial charge on any atom is -0.389 e. The lowest BCUT2D eigenvalue weighted by atomic mass is 9.97. The number of piperidine rings is 1. The predicted molar refractivity (Wildman–Crippen MR) is 78.2 cm³/mol. The molecule has 1 saturated heterocycles. The van der Waals surface area contributed by atoms with E-state index in [2.05, 4.69) is 0 Å². The minimum absolute atomic E-state index is 0.0749. The number of hydrogen-bond acceptors (Lipinski definition) is 3. The van der Waals surface area contributed by atoms with Gasteiger partial charge < -0.3 is 5.73 Å². The Bertz CT molecular complexity index is 556. The number of carbonyl (C=O) groups is 2. The summed E-state index contributed by atoms with van der Waals surface area (Å²) in [7, 11) is 0. The highest BCUT2D eigenvalue weighted by atomic mass is 35.5. The maximum absolute atomic E-state index is 12.0. The highest BCUT2D eigenvalue weighted by Gasteiger charge is 2.32. The summed E-state index contributed by atoms with van der Waals surface area (Å²) in [6.07, 6.45) is 0.693. The second kappa shape index (κ2) is 5.27. The molecule has 0 aromatic heterocycles. The fourth-order valence-corrected chi connectivity index (χ4v) is 2.49. The second-order valence-corrected chi connectivity index (χ2v) is 5.51. The van der Waals surface area contributed by atoms with Gasteiger partial charge in [-0.1, -0.05) is 30.7 Å². The molecule has 100 valence electrons. The van der Waals surface area contributed by atoms with Gasteiger partial charge in [0.15, 0.2) is 0 Å². The molecule has 0 unspecified atom stereocenters. The number of thiocarbonyl (C=S) groups is 1. The lowest BCUT2D eigenvalue weighted by molar-refractivity contribution is -0.130. The van der Waals surface area contributed by atoms with E-state index in [1.807, 2.05) is 6.92 Å². The molecule has 0 atom stereocenters. The molecule has 2 amide bonds. The van der Waals surface area contributed by atoms with Crippen LogP contribution in [0.4, 0.5) is 5.69 Å². The van der Waals surface area contributed by atoms with Gasteiger partial charge in [-0.3, -0.25) is 9.59 Å². The number of nitrogens with two attached hydrogens (primary N) is 1. The molecule has 1 fully saturated rings. The van der Waals surface area contributed by atoms with E-state index >= 15 is 0 Å². The maximum Gasteiger partial charge on any atom is 0.234 e. The SMILES string of the molecule is CC1CC(=O)N(c2ccc(C(N)=S)cc2Cl)C(=O)C1. The number of halogens is 1. The largest absolute Gasteiger partial charge is 0.389 e. The summed E-state index contributed by atoms with van der Waals surface area (Å²) in [5.74, 6) is -0.381. The van der Waals surface area contributed by atoms with E-state index in [0.717, 1.165) is 4.90 Å². The van der Waals surface area contributed by atoms with Crippen LogP contribution >= 0.6 is 23.8 Å². The quantitative estimate of drug-likeness (QED) is 0.672. The summed E-state index contributed by atoms with van der Waals surface area (Å²) in [6.45, 7) is 1.88. The van der Waals surface area contributed by atoms with Gasteiger partial charge in [0.1, 0.15) is 4.99 Å². The van der Waals surface area contributed by atoms with Crippen molar-refractivity contribution >= 4 is 46.3 Å². The van der Waals surface area contributed by atoms with Crippen LogP contribution < -0.4 is 10.6 Å². The van der Waals surface area contributed by atoms with Crippen molar-refractivity contribution in [2.24, 2.45) is 11.7 Å². The monoisotopic (exact) mass is 296 g/mol. The van der Waals surface area contributed by atoms with Crippen LogP contribution in [0.25, 0.3) is 0 Å². The highest BCUT2D eigenvalue weighted by molar-refractivity contribution is 7.80. The number of imide groups is 1. The van der Waals surface area contributed by atoms with Gasteiger partial charge in [-0.05, 0) is 24.1 Å². The lowest BCUT2D eigenvalue weighted by Crippen LogP contribution is -2.43. The van der Waals surface area contributed by atoms with Crippen LogP contribution in [0.5, 0.6) is 0 Å². The Morgan fingerprint density at radius 3 is 2.42 bits per heavy atom. The van der Waals surface area contributed by atoms with E-state index in [9.17, 15) is 9.59 Å². The molecular formula is C13H13ClN2O2S. The summed E-state index contributed by atoms with van der Waals surface area (Å²) in [5, 5.41) is 0.293. The van der Waals surface area contributed by atoms with Crippen LogP contribution in [-0.4, -0.2) is 16.8 Å². The van der Waals surface area contributed by atoms with E-state index in [4.69, 9.17) is 29.6 Å². The van der Waals surface area contributed by atoms with E-state index in [1.54, 1.807) is 18.2 Å². The fourth-order valence-electron chi connectivity index (χ4n) is 2.10. The van der Waals surface area contributed by atoms with Gasteiger partial charge >= 0.3 is 0 Å². The Morgan fingerprint density at radius 2 is 1.95 bits per heavy atom. The zero-order chi connectivity index (χ0) is 14.2. The van der Waals surface area contributed by atoms with Crippen molar-refractivity contribution in [2.75, 3.05) is 4.90 Å². The second-order valence-electron chi connectivity index (χ2n) is 4.67. The summed E-state index contributed by atoms with van der Waals surface area (Å²) in [4.78, 5) is 25.3. The average molecular weight is 297 g/mol. The predicted octanol–water partition coefficient (Wildman–Crippen LogP) is 2.26. The summed E-state index contributed by atoms with van der Waals surface area (Å²) in [5.41, 5.74) is 6.51. The molecular weight excluding hydrogens is 284 g/mol. The molecule has 19 heavy (non-hydrogen) atoms. The number of rotatable bonds is 2. The van der Waals surface area contributed by atoms with Crippen LogP contribution in [0.3, 0.4) is 0 Å². The molecule has 1 aromatic rings.